The molecule has 0 bridgehead atoms. The summed E-state index contributed by atoms with van der Waals surface area (Å²) in [4.78, 5) is 0. The van der Waals surface area contributed by atoms with Gasteiger partial charge in [-0.3, -0.25) is 0 Å². The predicted molar refractivity (Wildman–Crippen MR) is 147 cm³/mol. The topological polar surface area (TPSA) is 9.23 Å². The van der Waals surface area contributed by atoms with Gasteiger partial charge in [-0.2, -0.15) is 0 Å². The van der Waals surface area contributed by atoms with E-state index in [2.05, 4.69) is 86.6 Å². The van der Waals surface area contributed by atoms with E-state index in [4.69, 9.17) is 4.74 Å². The molecule has 1 nitrogen and oxygen atoms in total. The number of rotatable bonds is 16. The minimum Gasteiger partial charge on any atom is -0.374 e. The van der Waals surface area contributed by atoms with Gasteiger partial charge in [-0.05, 0) is 60.4 Å². The third-order valence-electron chi connectivity index (χ3n) is 6.78. The van der Waals surface area contributed by atoms with E-state index >= 15 is 0 Å². The molecule has 0 aliphatic carbocycles. The highest BCUT2D eigenvalue weighted by Gasteiger charge is 2.05. The first-order chi connectivity index (χ1) is 16.7. The van der Waals surface area contributed by atoms with Crippen LogP contribution in [0.1, 0.15) is 88.3 Å². The minimum absolute atomic E-state index is 0.258. The van der Waals surface area contributed by atoms with E-state index in [9.17, 15) is 0 Å². The van der Waals surface area contributed by atoms with Gasteiger partial charge in [-0.1, -0.05) is 131 Å². The number of unbranched alkanes of at least 4 members (excludes halogenated alkanes) is 7. The first-order valence-electron chi connectivity index (χ1n) is 13.6. The molecule has 1 atom stereocenters. The molecule has 0 aliphatic heterocycles. The molecule has 0 fully saturated rings. The molecule has 3 rings (SSSR count). The monoisotopic (exact) mass is 456 g/mol. The van der Waals surface area contributed by atoms with E-state index in [0.717, 1.165) is 12.8 Å². The fraction of sp³-hybridized carbons (Fsp3) is 0.455. The second-order valence-electron chi connectivity index (χ2n) is 9.76. The van der Waals surface area contributed by atoms with Crippen molar-refractivity contribution in [1.82, 2.24) is 0 Å². The zero-order chi connectivity index (χ0) is 23.8. The minimum atomic E-state index is 0.258. The van der Waals surface area contributed by atoms with E-state index in [1.165, 1.54) is 85.6 Å². The summed E-state index contributed by atoms with van der Waals surface area (Å²) in [7, 11) is 0. The molecule has 182 valence electrons. The van der Waals surface area contributed by atoms with Crippen LogP contribution in [0.4, 0.5) is 0 Å². The molecular formula is C33H44O. The van der Waals surface area contributed by atoms with Crippen LogP contribution in [0.5, 0.6) is 0 Å². The molecule has 0 radical (unpaired) electrons. The van der Waals surface area contributed by atoms with Gasteiger partial charge in [0.25, 0.3) is 0 Å². The maximum absolute atomic E-state index is 6.02. The maximum Gasteiger partial charge on any atom is 0.0720 e. The largest absolute Gasteiger partial charge is 0.374 e. The Morgan fingerprint density at radius 2 is 1.09 bits per heavy atom. The Balaban J connectivity index is 1.35. The standard InChI is InChI=1S/C33H44O/c1-3-4-5-6-7-8-9-11-14-29-19-23-32(24-20-29)33-25-21-30(22-26-33)18-17-28(2)34-27-31-15-12-10-13-16-31/h10,12-13,15-16,19-26,28H,3-9,11,14,17-18,27H2,1-2H3. The van der Waals surface area contributed by atoms with Gasteiger partial charge in [0.05, 0.1) is 12.7 Å². The Labute approximate surface area is 208 Å². The molecule has 0 saturated heterocycles. The van der Waals surface area contributed by atoms with Gasteiger partial charge in [0.2, 0.25) is 0 Å². The van der Waals surface area contributed by atoms with Crippen molar-refractivity contribution in [2.24, 2.45) is 0 Å². The number of aryl methyl sites for hydroxylation is 2. The molecule has 0 heterocycles. The van der Waals surface area contributed by atoms with Crippen LogP contribution in [0.15, 0.2) is 78.9 Å². The summed E-state index contributed by atoms with van der Waals surface area (Å²) in [6.45, 7) is 5.15. The molecule has 0 spiro atoms. The average Bonchev–Trinajstić information content (AvgIpc) is 2.89. The van der Waals surface area contributed by atoms with Crippen molar-refractivity contribution < 1.29 is 4.74 Å². The average molecular weight is 457 g/mol. The smallest absolute Gasteiger partial charge is 0.0720 e. The molecular weight excluding hydrogens is 412 g/mol. The molecule has 0 saturated carbocycles. The molecule has 0 aliphatic rings. The van der Waals surface area contributed by atoms with Crippen molar-refractivity contribution in [1.29, 1.82) is 0 Å². The second-order valence-corrected chi connectivity index (χ2v) is 9.76. The van der Waals surface area contributed by atoms with Gasteiger partial charge < -0.3 is 4.74 Å². The summed E-state index contributed by atoms with van der Waals surface area (Å²) in [6.07, 6.45) is 14.6. The molecule has 3 aromatic rings. The van der Waals surface area contributed by atoms with Gasteiger partial charge in [0, 0.05) is 0 Å². The highest BCUT2D eigenvalue weighted by Crippen LogP contribution is 2.22. The predicted octanol–water partition coefficient (Wildman–Crippen LogP) is 9.57. The van der Waals surface area contributed by atoms with Crippen LogP contribution in [0, 0.1) is 0 Å². The van der Waals surface area contributed by atoms with E-state index in [0.29, 0.717) is 6.61 Å². The number of ether oxygens (including phenoxy) is 1. The first-order valence-corrected chi connectivity index (χ1v) is 13.6. The van der Waals surface area contributed by atoms with Gasteiger partial charge in [-0.25, -0.2) is 0 Å². The lowest BCUT2D eigenvalue weighted by Crippen LogP contribution is -2.09. The highest BCUT2D eigenvalue weighted by atomic mass is 16.5. The fourth-order valence-corrected chi connectivity index (χ4v) is 4.46. The van der Waals surface area contributed by atoms with Gasteiger partial charge in [-0.15, -0.1) is 0 Å². The Kier molecular flexibility index (Phi) is 12.0. The van der Waals surface area contributed by atoms with Crippen LogP contribution in [0.25, 0.3) is 11.1 Å². The Hall–Kier alpha value is -2.38. The fourth-order valence-electron chi connectivity index (χ4n) is 4.46. The van der Waals surface area contributed by atoms with Crippen LogP contribution >= 0.6 is 0 Å². The number of hydrogen-bond acceptors (Lipinski definition) is 1. The van der Waals surface area contributed by atoms with E-state index in [1.54, 1.807) is 0 Å². The molecule has 1 heteroatoms. The number of benzene rings is 3. The Bertz CT molecular complexity index is 896. The summed E-state index contributed by atoms with van der Waals surface area (Å²) < 4.78 is 6.02. The maximum atomic E-state index is 6.02. The summed E-state index contributed by atoms with van der Waals surface area (Å²) >= 11 is 0. The van der Waals surface area contributed by atoms with E-state index < -0.39 is 0 Å². The molecule has 1 unspecified atom stereocenters. The first kappa shape index (κ1) is 26.2. The quantitative estimate of drug-likeness (QED) is 0.195. The van der Waals surface area contributed by atoms with Crippen LogP contribution in [0.3, 0.4) is 0 Å². The van der Waals surface area contributed by atoms with Crippen molar-refractivity contribution in [2.45, 2.75) is 97.2 Å². The molecule has 3 aromatic carbocycles. The third kappa shape index (κ3) is 9.85. The van der Waals surface area contributed by atoms with Crippen LogP contribution in [-0.4, -0.2) is 6.10 Å². The third-order valence-corrected chi connectivity index (χ3v) is 6.78. The van der Waals surface area contributed by atoms with Gasteiger partial charge >= 0.3 is 0 Å². The van der Waals surface area contributed by atoms with Crippen molar-refractivity contribution in [3.63, 3.8) is 0 Å². The molecule has 0 amide bonds. The zero-order valence-corrected chi connectivity index (χ0v) is 21.5. The van der Waals surface area contributed by atoms with Crippen molar-refractivity contribution >= 4 is 0 Å². The lowest BCUT2D eigenvalue weighted by Gasteiger charge is -2.13. The molecule has 34 heavy (non-hydrogen) atoms. The Morgan fingerprint density at radius 3 is 1.68 bits per heavy atom. The lowest BCUT2D eigenvalue weighted by atomic mass is 9.99. The van der Waals surface area contributed by atoms with E-state index in [-0.39, 0.29) is 6.10 Å². The molecule has 0 aromatic heterocycles. The van der Waals surface area contributed by atoms with E-state index in [1.807, 2.05) is 6.07 Å². The highest BCUT2D eigenvalue weighted by molar-refractivity contribution is 5.64. The van der Waals surface area contributed by atoms with Gasteiger partial charge in [0.15, 0.2) is 0 Å². The van der Waals surface area contributed by atoms with Crippen molar-refractivity contribution in [2.75, 3.05) is 0 Å². The van der Waals surface area contributed by atoms with Crippen molar-refractivity contribution in [3.8, 4) is 11.1 Å². The van der Waals surface area contributed by atoms with Crippen LogP contribution < -0.4 is 0 Å². The number of hydrogen-bond donors (Lipinski definition) is 0. The second kappa shape index (κ2) is 15.5. The Morgan fingerprint density at radius 1 is 0.559 bits per heavy atom. The zero-order valence-electron chi connectivity index (χ0n) is 21.5. The summed E-state index contributed by atoms with van der Waals surface area (Å²) in [5.41, 5.74) is 6.70. The SMILES string of the molecule is CCCCCCCCCCc1ccc(-c2ccc(CCC(C)OCc3ccccc3)cc2)cc1. The van der Waals surface area contributed by atoms with Crippen molar-refractivity contribution in [3.05, 3.63) is 95.6 Å². The summed E-state index contributed by atoms with van der Waals surface area (Å²) in [5.74, 6) is 0. The summed E-state index contributed by atoms with van der Waals surface area (Å²) in [6, 6.07) is 28.7. The van der Waals surface area contributed by atoms with Gasteiger partial charge in [0.1, 0.15) is 0 Å². The van der Waals surface area contributed by atoms with Crippen LogP contribution in [-0.2, 0) is 24.2 Å². The molecule has 0 N–H and O–H groups in total. The normalized spacial score (nSPS) is 12.1. The lowest BCUT2D eigenvalue weighted by molar-refractivity contribution is 0.0478. The summed E-state index contributed by atoms with van der Waals surface area (Å²) in [5, 5.41) is 0. The van der Waals surface area contributed by atoms with Crippen LogP contribution in [0.2, 0.25) is 0 Å².